The van der Waals surface area contributed by atoms with Gasteiger partial charge in [-0.2, -0.15) is 0 Å². The fraction of sp³-hybridized carbons (Fsp3) is 0.278. The molecule has 0 amide bonds. The standard InChI is InChI=1S/C18H19NO3/c1-11-4-6-12(7-5-11)16-17(20)13-8-9-15(21-2)18(22-3)14(13)10-19-16/h4-9,16,19H,10H2,1-3H3. The van der Waals surface area contributed by atoms with Crippen LogP contribution in [0.25, 0.3) is 0 Å². The summed E-state index contributed by atoms with van der Waals surface area (Å²) in [6.07, 6.45) is 0. The van der Waals surface area contributed by atoms with Crippen LogP contribution in [0.5, 0.6) is 11.5 Å². The summed E-state index contributed by atoms with van der Waals surface area (Å²) in [4.78, 5) is 12.8. The van der Waals surface area contributed by atoms with E-state index in [4.69, 9.17) is 9.47 Å². The van der Waals surface area contributed by atoms with Gasteiger partial charge in [0.25, 0.3) is 0 Å². The Morgan fingerprint density at radius 1 is 1.05 bits per heavy atom. The van der Waals surface area contributed by atoms with Crippen LogP contribution in [0.3, 0.4) is 0 Å². The molecule has 0 saturated heterocycles. The molecule has 1 aliphatic heterocycles. The van der Waals surface area contributed by atoms with Gasteiger partial charge in [0, 0.05) is 17.7 Å². The summed E-state index contributed by atoms with van der Waals surface area (Å²) in [5.41, 5.74) is 3.71. The monoisotopic (exact) mass is 297 g/mol. The Balaban J connectivity index is 2.01. The number of aryl methyl sites for hydroxylation is 1. The third-order valence-corrected chi connectivity index (χ3v) is 4.07. The van der Waals surface area contributed by atoms with Gasteiger partial charge in [-0.1, -0.05) is 29.8 Å². The number of ether oxygens (including phenoxy) is 2. The maximum atomic E-state index is 12.8. The molecule has 2 aromatic rings. The summed E-state index contributed by atoms with van der Waals surface area (Å²) in [6, 6.07) is 11.3. The molecule has 1 atom stereocenters. The van der Waals surface area contributed by atoms with E-state index in [9.17, 15) is 4.79 Å². The molecule has 0 spiro atoms. The minimum Gasteiger partial charge on any atom is -0.493 e. The SMILES string of the molecule is COc1ccc2c(c1OC)CNC(c1ccc(C)cc1)C2=O. The highest BCUT2D eigenvalue weighted by molar-refractivity contribution is 6.03. The number of carbonyl (C=O) groups excluding carboxylic acids is 1. The summed E-state index contributed by atoms with van der Waals surface area (Å²) < 4.78 is 10.7. The van der Waals surface area contributed by atoms with Gasteiger partial charge in [-0.3, -0.25) is 10.1 Å². The normalized spacial score (nSPS) is 17.0. The first-order chi connectivity index (χ1) is 10.7. The maximum absolute atomic E-state index is 12.8. The summed E-state index contributed by atoms with van der Waals surface area (Å²) >= 11 is 0. The highest BCUT2D eigenvalue weighted by atomic mass is 16.5. The van der Waals surface area contributed by atoms with Crippen LogP contribution in [0.2, 0.25) is 0 Å². The van der Waals surface area contributed by atoms with E-state index in [-0.39, 0.29) is 11.8 Å². The van der Waals surface area contributed by atoms with Crippen molar-refractivity contribution in [2.24, 2.45) is 0 Å². The second kappa shape index (κ2) is 5.81. The number of hydrogen-bond donors (Lipinski definition) is 1. The summed E-state index contributed by atoms with van der Waals surface area (Å²) in [5, 5.41) is 3.30. The Hall–Kier alpha value is -2.33. The fourth-order valence-corrected chi connectivity index (χ4v) is 2.88. The van der Waals surface area contributed by atoms with Gasteiger partial charge in [-0.05, 0) is 24.6 Å². The van der Waals surface area contributed by atoms with Crippen molar-refractivity contribution < 1.29 is 14.3 Å². The van der Waals surface area contributed by atoms with Crippen molar-refractivity contribution in [1.82, 2.24) is 5.32 Å². The molecule has 114 valence electrons. The molecular formula is C18H19NO3. The van der Waals surface area contributed by atoms with Crippen LogP contribution in [0.1, 0.15) is 33.1 Å². The van der Waals surface area contributed by atoms with Gasteiger partial charge in [0.15, 0.2) is 17.3 Å². The van der Waals surface area contributed by atoms with Crippen LogP contribution in [0, 0.1) is 6.92 Å². The van der Waals surface area contributed by atoms with Crippen molar-refractivity contribution in [2.75, 3.05) is 14.2 Å². The van der Waals surface area contributed by atoms with E-state index in [1.807, 2.05) is 37.3 Å². The molecule has 0 radical (unpaired) electrons. The third kappa shape index (κ3) is 2.35. The second-order valence-corrected chi connectivity index (χ2v) is 5.42. The summed E-state index contributed by atoms with van der Waals surface area (Å²) in [7, 11) is 3.19. The van der Waals surface area contributed by atoms with Gasteiger partial charge < -0.3 is 9.47 Å². The van der Waals surface area contributed by atoms with E-state index in [2.05, 4.69) is 5.32 Å². The first-order valence-electron chi connectivity index (χ1n) is 7.23. The van der Waals surface area contributed by atoms with Crippen molar-refractivity contribution in [3.63, 3.8) is 0 Å². The predicted octanol–water partition coefficient (Wildman–Crippen LogP) is 3.04. The molecule has 0 aliphatic carbocycles. The van der Waals surface area contributed by atoms with Crippen molar-refractivity contribution in [3.8, 4) is 11.5 Å². The van der Waals surface area contributed by atoms with Gasteiger partial charge in [0.05, 0.1) is 20.3 Å². The molecule has 0 aromatic heterocycles. The van der Waals surface area contributed by atoms with Crippen LogP contribution in [-0.4, -0.2) is 20.0 Å². The zero-order valence-electron chi connectivity index (χ0n) is 13.0. The Labute approximate surface area is 130 Å². The van der Waals surface area contributed by atoms with Crippen molar-refractivity contribution in [3.05, 3.63) is 58.7 Å². The van der Waals surface area contributed by atoms with E-state index in [0.29, 0.717) is 23.6 Å². The predicted molar refractivity (Wildman–Crippen MR) is 84.6 cm³/mol. The van der Waals surface area contributed by atoms with E-state index in [1.165, 1.54) is 5.56 Å². The van der Waals surface area contributed by atoms with Crippen LogP contribution < -0.4 is 14.8 Å². The smallest absolute Gasteiger partial charge is 0.184 e. The van der Waals surface area contributed by atoms with E-state index < -0.39 is 0 Å². The average molecular weight is 297 g/mol. The zero-order chi connectivity index (χ0) is 15.7. The molecule has 1 heterocycles. The highest BCUT2D eigenvalue weighted by Gasteiger charge is 2.31. The number of Topliss-reactive ketones (excluding diaryl/α,β-unsaturated/α-hetero) is 1. The Bertz CT molecular complexity index is 707. The van der Waals surface area contributed by atoms with Crippen molar-refractivity contribution in [2.45, 2.75) is 19.5 Å². The fourth-order valence-electron chi connectivity index (χ4n) is 2.88. The number of ketones is 1. The van der Waals surface area contributed by atoms with Crippen molar-refractivity contribution >= 4 is 5.78 Å². The van der Waals surface area contributed by atoms with Crippen LogP contribution in [-0.2, 0) is 6.54 Å². The number of methoxy groups -OCH3 is 2. The lowest BCUT2D eigenvalue weighted by Crippen LogP contribution is -2.34. The molecule has 4 nitrogen and oxygen atoms in total. The first-order valence-corrected chi connectivity index (χ1v) is 7.23. The number of nitrogens with one attached hydrogen (secondary N) is 1. The Morgan fingerprint density at radius 3 is 2.41 bits per heavy atom. The van der Waals surface area contributed by atoms with Crippen molar-refractivity contribution in [1.29, 1.82) is 0 Å². The van der Waals surface area contributed by atoms with Gasteiger partial charge in [-0.25, -0.2) is 0 Å². The lowest BCUT2D eigenvalue weighted by atomic mass is 9.89. The molecular weight excluding hydrogens is 278 g/mol. The molecule has 1 unspecified atom stereocenters. The molecule has 22 heavy (non-hydrogen) atoms. The average Bonchev–Trinajstić information content (AvgIpc) is 2.55. The lowest BCUT2D eigenvalue weighted by Gasteiger charge is -2.27. The minimum absolute atomic E-state index is 0.0612. The van der Waals surface area contributed by atoms with E-state index in [1.54, 1.807) is 20.3 Å². The minimum atomic E-state index is -0.314. The Kier molecular flexibility index (Phi) is 3.86. The van der Waals surface area contributed by atoms with Gasteiger partial charge in [0.2, 0.25) is 0 Å². The molecule has 4 heteroatoms. The van der Waals surface area contributed by atoms with Gasteiger partial charge in [-0.15, -0.1) is 0 Å². The van der Waals surface area contributed by atoms with Crippen LogP contribution >= 0.6 is 0 Å². The number of carbonyl (C=O) groups is 1. The molecule has 3 rings (SSSR count). The molecule has 0 saturated carbocycles. The zero-order valence-corrected chi connectivity index (χ0v) is 13.0. The largest absolute Gasteiger partial charge is 0.493 e. The quantitative estimate of drug-likeness (QED) is 0.946. The lowest BCUT2D eigenvalue weighted by molar-refractivity contribution is 0.0929. The topological polar surface area (TPSA) is 47.6 Å². The second-order valence-electron chi connectivity index (χ2n) is 5.42. The number of hydrogen-bond acceptors (Lipinski definition) is 4. The first kappa shape index (κ1) is 14.6. The summed E-state index contributed by atoms with van der Waals surface area (Å²) in [5.74, 6) is 1.33. The highest BCUT2D eigenvalue weighted by Crippen LogP contribution is 2.37. The van der Waals surface area contributed by atoms with Crippen LogP contribution in [0.15, 0.2) is 36.4 Å². The molecule has 1 aliphatic rings. The van der Waals surface area contributed by atoms with Gasteiger partial charge in [0.1, 0.15) is 0 Å². The van der Waals surface area contributed by atoms with Gasteiger partial charge >= 0.3 is 0 Å². The molecule has 0 bridgehead atoms. The molecule has 1 N–H and O–H groups in total. The van der Waals surface area contributed by atoms with Crippen LogP contribution in [0.4, 0.5) is 0 Å². The summed E-state index contributed by atoms with van der Waals surface area (Å²) in [6.45, 7) is 2.60. The number of rotatable bonds is 3. The van der Waals surface area contributed by atoms with E-state index >= 15 is 0 Å². The Morgan fingerprint density at radius 2 is 1.77 bits per heavy atom. The molecule has 0 fully saturated rings. The maximum Gasteiger partial charge on any atom is 0.184 e. The van der Waals surface area contributed by atoms with E-state index in [0.717, 1.165) is 11.1 Å². The number of benzene rings is 2. The third-order valence-electron chi connectivity index (χ3n) is 4.07. The number of fused-ring (bicyclic) bond motifs is 1. The molecule has 2 aromatic carbocycles.